The van der Waals surface area contributed by atoms with E-state index in [0.717, 1.165) is 49.4 Å². The highest BCUT2D eigenvalue weighted by Gasteiger charge is 2.22. The maximum atomic E-state index is 14.5. The van der Waals surface area contributed by atoms with E-state index >= 15 is 0 Å². The molecule has 0 spiro atoms. The number of halogens is 3. The molecule has 0 aliphatic heterocycles. The number of benzene rings is 2. The van der Waals surface area contributed by atoms with Crippen LogP contribution in [0.5, 0.6) is 11.8 Å². The van der Waals surface area contributed by atoms with Crippen LogP contribution in [0.1, 0.15) is 102 Å². The van der Waals surface area contributed by atoms with Crippen LogP contribution >= 0.6 is 11.6 Å². The number of pyridine rings is 2. The van der Waals surface area contributed by atoms with E-state index in [9.17, 15) is 35.2 Å². The molecule has 0 aliphatic rings. The molecule has 0 fully saturated rings. The predicted molar refractivity (Wildman–Crippen MR) is 264 cm³/mol. The Labute approximate surface area is 402 Å². The molecule has 0 aliphatic carbocycles. The van der Waals surface area contributed by atoms with Crippen LogP contribution in [0, 0.1) is 11.6 Å². The van der Waals surface area contributed by atoms with Crippen LogP contribution in [0.4, 0.5) is 8.78 Å². The number of nitrogens with one attached hydrogen (secondary N) is 1. The second-order valence-electron chi connectivity index (χ2n) is 16.2. The minimum atomic E-state index is -3.77. The molecule has 3 N–H and O–H groups in total. The second-order valence-corrected chi connectivity index (χ2v) is 20.2. The number of ether oxygens (including phenoxy) is 2. The number of primary sulfonamides is 1. The van der Waals surface area contributed by atoms with Crippen LogP contribution in [0.25, 0.3) is 22.3 Å². The van der Waals surface area contributed by atoms with Gasteiger partial charge in [0.1, 0.15) is 11.6 Å². The first-order valence-electron chi connectivity index (χ1n) is 22.3. The Kier molecular flexibility index (Phi) is 25.0. The van der Waals surface area contributed by atoms with Gasteiger partial charge in [-0.1, -0.05) is 55.4 Å². The average Bonchev–Trinajstić information content (AvgIpc) is 3.27. The highest BCUT2D eigenvalue weighted by molar-refractivity contribution is 7.90. The van der Waals surface area contributed by atoms with E-state index < -0.39 is 37.0 Å². The summed E-state index contributed by atoms with van der Waals surface area (Å²) in [5, 5.41) is 4.38. The summed E-state index contributed by atoms with van der Waals surface area (Å²) >= 11 is 5.58. The molecule has 19 heteroatoms. The van der Waals surface area contributed by atoms with E-state index in [0.29, 0.717) is 59.0 Å². The van der Waals surface area contributed by atoms with Crippen molar-refractivity contribution in [3.8, 4) is 34.0 Å². The number of hydrogen-bond donors (Lipinski definition) is 2. The summed E-state index contributed by atoms with van der Waals surface area (Å²) in [6.45, 7) is 20.9. The number of carbonyl (C=O) groups excluding carboxylic acids is 2. The molecule has 1 amide bonds. The first-order valence-corrected chi connectivity index (χ1v) is 26.1. The number of sulfonamides is 2. The van der Waals surface area contributed by atoms with Gasteiger partial charge in [-0.25, -0.2) is 40.7 Å². The van der Waals surface area contributed by atoms with Crippen LogP contribution in [-0.2, 0) is 42.5 Å². The summed E-state index contributed by atoms with van der Waals surface area (Å²) < 4.78 is 87.0. The lowest BCUT2D eigenvalue weighted by Crippen LogP contribution is -2.35. The van der Waals surface area contributed by atoms with Crippen molar-refractivity contribution in [1.82, 2.24) is 24.5 Å². The molecule has 0 saturated heterocycles. The quantitative estimate of drug-likeness (QED) is 0.0681. The maximum absolute atomic E-state index is 14.5. The Morgan fingerprint density at radius 3 is 1.45 bits per heavy atom. The number of carbonyl (C=O) groups is 2. The second kappa shape index (κ2) is 28.7. The van der Waals surface area contributed by atoms with Gasteiger partial charge in [-0.05, 0) is 156 Å². The van der Waals surface area contributed by atoms with Gasteiger partial charge in [-0.15, -0.1) is 0 Å². The monoisotopic (exact) mass is 994 g/mol. The van der Waals surface area contributed by atoms with Gasteiger partial charge in [0.2, 0.25) is 43.0 Å². The van der Waals surface area contributed by atoms with Gasteiger partial charge in [0.15, 0.2) is 0 Å². The SMILES string of the molecule is CCN(CC)CCCS(=O)(=O)NC(=O)Cc1c(-c2ccnc(OC)c2)cc(F)cc1C(C)C.CCN(CC)CCCS(N)(=O)=O.COc1cc(-c2cc(F)cc(C(C)C)c2CC(=O)Cl)ccn1. The summed E-state index contributed by atoms with van der Waals surface area (Å²) in [4.78, 5) is 36.6. The van der Waals surface area contributed by atoms with E-state index in [1.165, 1.54) is 38.5 Å². The van der Waals surface area contributed by atoms with Crippen molar-refractivity contribution >= 4 is 42.8 Å². The number of rotatable bonds is 23. The molecule has 0 atom stereocenters. The number of methoxy groups -OCH3 is 2. The Hall–Kier alpha value is -4.59. The van der Waals surface area contributed by atoms with Gasteiger partial charge in [-0.2, -0.15) is 0 Å². The van der Waals surface area contributed by atoms with E-state index in [1.54, 1.807) is 36.7 Å². The zero-order valence-electron chi connectivity index (χ0n) is 40.5. The van der Waals surface area contributed by atoms with Gasteiger partial charge in [-0.3, -0.25) is 14.3 Å². The molecular formula is C48H69ClF2N6O8S2. The molecule has 0 unspecified atom stereocenters. The lowest BCUT2D eigenvalue weighted by Gasteiger charge is -2.19. The Balaban J connectivity index is 0.000000388. The highest BCUT2D eigenvalue weighted by atomic mass is 35.5. The summed E-state index contributed by atoms with van der Waals surface area (Å²) in [7, 11) is -4.04. The number of aromatic nitrogens is 2. The normalized spacial score (nSPS) is 11.6. The third kappa shape index (κ3) is 20.7. The summed E-state index contributed by atoms with van der Waals surface area (Å²) in [5.41, 5.74) is 5.26. The predicted octanol–water partition coefficient (Wildman–Crippen LogP) is 8.07. The maximum Gasteiger partial charge on any atom is 0.237 e. The van der Waals surface area contributed by atoms with Gasteiger partial charge in [0, 0.05) is 30.9 Å². The van der Waals surface area contributed by atoms with E-state index in [-0.39, 0.29) is 42.0 Å². The standard InChI is InChI=1S/C24H34FN3O4S.C17H17ClFNO2.C7H18N2O2S/c1-6-28(7-2)11-8-12-33(30,31)27-23(29)16-22-20(17(3)4)14-19(25)15-21(22)18-9-10-26-24(13-18)32-5;1-10(2)13-7-12(19)8-14(15(13)9-16(18)21)11-4-5-20-17(6-11)22-3;1-3-9(4-2)6-5-7-12(8,10)11/h9-10,13-15,17H,6-8,11-12,16H2,1-5H3,(H,27,29);4-8,10H,9H2,1-3H3;3-7H2,1-2H3,(H2,8,10,11). The lowest BCUT2D eigenvalue weighted by molar-refractivity contribution is -0.118. The molecule has 0 radical (unpaired) electrons. The molecule has 2 heterocycles. The van der Waals surface area contributed by atoms with Crippen molar-refractivity contribution in [2.45, 2.75) is 92.9 Å². The molecule has 2 aromatic heterocycles. The van der Waals surface area contributed by atoms with E-state index in [2.05, 4.69) is 38.3 Å². The Morgan fingerprint density at radius 2 is 1.09 bits per heavy atom. The number of nitrogens with two attached hydrogens (primary N) is 1. The van der Waals surface area contributed by atoms with Crippen molar-refractivity contribution in [2.24, 2.45) is 5.14 Å². The number of amides is 1. The number of hydrogen-bond acceptors (Lipinski definition) is 12. The van der Waals surface area contributed by atoms with Crippen molar-refractivity contribution < 1.29 is 44.7 Å². The molecule has 2 aromatic carbocycles. The smallest absolute Gasteiger partial charge is 0.237 e. The van der Waals surface area contributed by atoms with Crippen LogP contribution < -0.4 is 19.3 Å². The van der Waals surface area contributed by atoms with Crippen molar-refractivity contribution in [3.05, 3.63) is 94.8 Å². The minimum Gasteiger partial charge on any atom is -0.481 e. The fraction of sp³-hybridized carbons (Fsp3) is 0.500. The zero-order chi connectivity index (χ0) is 50.5. The largest absolute Gasteiger partial charge is 0.481 e. The van der Waals surface area contributed by atoms with E-state index in [1.807, 2.05) is 41.5 Å². The summed E-state index contributed by atoms with van der Waals surface area (Å²) in [5.74, 6) is -0.689. The summed E-state index contributed by atoms with van der Waals surface area (Å²) in [6.07, 6.45) is 4.04. The topological polar surface area (TPSA) is 191 Å². The minimum absolute atomic E-state index is 0.0509. The van der Waals surface area contributed by atoms with Crippen molar-refractivity contribution in [1.29, 1.82) is 0 Å². The molecule has 0 bridgehead atoms. The molecule has 14 nitrogen and oxygen atoms in total. The van der Waals surface area contributed by atoms with Gasteiger partial charge < -0.3 is 19.3 Å². The first kappa shape index (κ1) is 58.5. The molecule has 372 valence electrons. The van der Waals surface area contributed by atoms with Gasteiger partial charge in [0.05, 0.1) is 32.1 Å². The third-order valence-corrected chi connectivity index (χ3v) is 13.1. The molecule has 0 saturated carbocycles. The molecule has 4 aromatic rings. The molecule has 67 heavy (non-hydrogen) atoms. The van der Waals surface area contributed by atoms with Crippen LogP contribution in [0.2, 0.25) is 0 Å². The highest BCUT2D eigenvalue weighted by Crippen LogP contribution is 2.35. The van der Waals surface area contributed by atoms with Crippen LogP contribution in [0.3, 0.4) is 0 Å². The fourth-order valence-corrected chi connectivity index (χ4v) is 8.94. The average molecular weight is 996 g/mol. The Morgan fingerprint density at radius 1 is 0.687 bits per heavy atom. The first-order chi connectivity index (χ1) is 31.5. The summed E-state index contributed by atoms with van der Waals surface area (Å²) in [6, 6.07) is 12.4. The lowest BCUT2D eigenvalue weighted by atomic mass is 9.88. The van der Waals surface area contributed by atoms with Crippen molar-refractivity contribution in [3.63, 3.8) is 0 Å². The third-order valence-electron chi connectivity index (χ3n) is 10.8. The van der Waals surface area contributed by atoms with Crippen molar-refractivity contribution in [2.75, 3.05) is 65.0 Å². The van der Waals surface area contributed by atoms with E-state index in [4.69, 9.17) is 26.2 Å². The zero-order valence-corrected chi connectivity index (χ0v) is 42.9. The molecule has 4 rings (SSSR count). The van der Waals surface area contributed by atoms with Gasteiger partial charge in [0.25, 0.3) is 0 Å². The van der Waals surface area contributed by atoms with Crippen LogP contribution in [-0.4, -0.2) is 113 Å². The fourth-order valence-electron chi connectivity index (χ4n) is 7.24. The van der Waals surface area contributed by atoms with Crippen LogP contribution in [0.15, 0.2) is 60.9 Å². The van der Waals surface area contributed by atoms with Gasteiger partial charge >= 0.3 is 0 Å². The molecular weight excluding hydrogens is 926 g/mol. The Bertz CT molecular complexity index is 2440. The number of nitrogens with zero attached hydrogens (tertiary/aromatic N) is 4.